The highest BCUT2D eigenvalue weighted by Crippen LogP contribution is 2.12. The number of aryl methyl sites for hydroxylation is 2. The van der Waals surface area contributed by atoms with Crippen molar-refractivity contribution in [2.75, 3.05) is 10.6 Å². The van der Waals surface area contributed by atoms with E-state index in [0.717, 1.165) is 18.1 Å². The molecule has 1 aromatic heterocycles. The number of hydrogen-bond donors (Lipinski definition) is 2. The van der Waals surface area contributed by atoms with Gasteiger partial charge in [-0.2, -0.15) is 4.98 Å². The van der Waals surface area contributed by atoms with Gasteiger partial charge in [-0.3, -0.25) is 0 Å². The van der Waals surface area contributed by atoms with Crippen molar-refractivity contribution in [1.82, 2.24) is 9.97 Å². The van der Waals surface area contributed by atoms with Crippen LogP contribution in [0.1, 0.15) is 30.7 Å². The molecule has 20 heavy (non-hydrogen) atoms. The standard InChI is InChI=1S/C16H22N4/c1-11(2)18-15-9-13(4)19-16(20-15)17-10-14-7-5-12(3)6-8-14/h5-9,11H,10H2,1-4H3,(H2,17,18,19,20). The third-order valence-electron chi connectivity index (χ3n) is 2.86. The molecular formula is C16H22N4. The predicted molar refractivity (Wildman–Crippen MR) is 84.0 cm³/mol. The first-order chi connectivity index (χ1) is 9.52. The summed E-state index contributed by atoms with van der Waals surface area (Å²) < 4.78 is 0. The van der Waals surface area contributed by atoms with Crippen molar-refractivity contribution < 1.29 is 0 Å². The monoisotopic (exact) mass is 270 g/mol. The lowest BCUT2D eigenvalue weighted by Gasteiger charge is -2.12. The van der Waals surface area contributed by atoms with E-state index < -0.39 is 0 Å². The Labute approximate surface area is 120 Å². The van der Waals surface area contributed by atoms with Gasteiger partial charge < -0.3 is 10.6 Å². The fraction of sp³-hybridized carbons (Fsp3) is 0.375. The highest BCUT2D eigenvalue weighted by molar-refractivity contribution is 5.43. The Hall–Kier alpha value is -2.10. The number of benzene rings is 1. The SMILES string of the molecule is Cc1ccc(CNc2nc(C)cc(NC(C)C)n2)cc1. The van der Waals surface area contributed by atoms with Gasteiger partial charge in [0.15, 0.2) is 0 Å². The zero-order chi connectivity index (χ0) is 14.5. The summed E-state index contributed by atoms with van der Waals surface area (Å²) in [4.78, 5) is 8.88. The van der Waals surface area contributed by atoms with E-state index in [1.165, 1.54) is 11.1 Å². The van der Waals surface area contributed by atoms with Crippen molar-refractivity contribution in [1.29, 1.82) is 0 Å². The van der Waals surface area contributed by atoms with Crippen LogP contribution in [0.4, 0.5) is 11.8 Å². The molecule has 0 radical (unpaired) electrons. The van der Waals surface area contributed by atoms with Gasteiger partial charge in [-0.05, 0) is 33.3 Å². The fourth-order valence-electron chi connectivity index (χ4n) is 1.90. The Bertz CT molecular complexity index is 561. The van der Waals surface area contributed by atoms with Crippen molar-refractivity contribution in [3.05, 3.63) is 47.2 Å². The number of hydrogen-bond acceptors (Lipinski definition) is 4. The molecule has 0 saturated carbocycles. The highest BCUT2D eigenvalue weighted by Gasteiger charge is 2.03. The third-order valence-corrected chi connectivity index (χ3v) is 2.86. The quantitative estimate of drug-likeness (QED) is 0.872. The second-order valence-corrected chi connectivity index (χ2v) is 5.36. The van der Waals surface area contributed by atoms with Gasteiger partial charge in [0.2, 0.25) is 5.95 Å². The van der Waals surface area contributed by atoms with Gasteiger partial charge in [-0.1, -0.05) is 29.8 Å². The van der Waals surface area contributed by atoms with Crippen molar-refractivity contribution in [2.24, 2.45) is 0 Å². The Morgan fingerprint density at radius 3 is 2.40 bits per heavy atom. The molecule has 0 aliphatic rings. The largest absolute Gasteiger partial charge is 0.368 e. The Morgan fingerprint density at radius 1 is 1.05 bits per heavy atom. The van der Waals surface area contributed by atoms with Crippen LogP contribution in [0.5, 0.6) is 0 Å². The first kappa shape index (κ1) is 14.3. The summed E-state index contributed by atoms with van der Waals surface area (Å²) in [6.07, 6.45) is 0. The van der Waals surface area contributed by atoms with Crippen LogP contribution in [-0.2, 0) is 6.54 Å². The maximum atomic E-state index is 4.47. The molecule has 0 aliphatic heterocycles. The van der Waals surface area contributed by atoms with Crippen molar-refractivity contribution in [2.45, 2.75) is 40.3 Å². The lowest BCUT2D eigenvalue weighted by Crippen LogP contribution is -2.13. The minimum atomic E-state index is 0.356. The van der Waals surface area contributed by atoms with Gasteiger partial charge in [0.25, 0.3) is 0 Å². The molecule has 2 rings (SSSR count). The molecule has 1 heterocycles. The lowest BCUT2D eigenvalue weighted by atomic mass is 10.1. The van der Waals surface area contributed by atoms with Crippen LogP contribution < -0.4 is 10.6 Å². The van der Waals surface area contributed by atoms with E-state index in [1.807, 2.05) is 13.0 Å². The second-order valence-electron chi connectivity index (χ2n) is 5.36. The maximum absolute atomic E-state index is 4.47. The lowest BCUT2D eigenvalue weighted by molar-refractivity contribution is 0.883. The average Bonchev–Trinajstić information content (AvgIpc) is 2.36. The maximum Gasteiger partial charge on any atom is 0.225 e. The normalized spacial score (nSPS) is 10.7. The average molecular weight is 270 g/mol. The first-order valence-electron chi connectivity index (χ1n) is 6.94. The zero-order valence-electron chi connectivity index (χ0n) is 12.6. The second kappa shape index (κ2) is 6.37. The Balaban J connectivity index is 2.05. The number of nitrogens with one attached hydrogen (secondary N) is 2. The minimum Gasteiger partial charge on any atom is -0.368 e. The summed E-state index contributed by atoms with van der Waals surface area (Å²) in [7, 11) is 0. The van der Waals surface area contributed by atoms with Crippen LogP contribution in [-0.4, -0.2) is 16.0 Å². The first-order valence-corrected chi connectivity index (χ1v) is 6.94. The molecule has 106 valence electrons. The molecule has 0 bridgehead atoms. The summed E-state index contributed by atoms with van der Waals surface area (Å²) in [5.74, 6) is 1.52. The van der Waals surface area contributed by atoms with Crippen LogP contribution in [0.15, 0.2) is 30.3 Å². The molecule has 0 aliphatic carbocycles. The Morgan fingerprint density at radius 2 is 1.75 bits per heavy atom. The molecule has 1 aromatic carbocycles. The van der Waals surface area contributed by atoms with Gasteiger partial charge in [-0.25, -0.2) is 4.98 Å². The molecule has 0 atom stereocenters. The molecular weight excluding hydrogens is 248 g/mol. The topological polar surface area (TPSA) is 49.8 Å². The van der Waals surface area contributed by atoms with Gasteiger partial charge in [0.05, 0.1) is 0 Å². The van der Waals surface area contributed by atoms with Gasteiger partial charge in [-0.15, -0.1) is 0 Å². The van der Waals surface area contributed by atoms with Crippen molar-refractivity contribution >= 4 is 11.8 Å². The number of aromatic nitrogens is 2. The van der Waals surface area contributed by atoms with Crippen LogP contribution in [0, 0.1) is 13.8 Å². The van der Waals surface area contributed by atoms with E-state index in [-0.39, 0.29) is 0 Å². The smallest absolute Gasteiger partial charge is 0.225 e. The summed E-state index contributed by atoms with van der Waals surface area (Å²) in [5.41, 5.74) is 3.44. The molecule has 0 amide bonds. The molecule has 2 N–H and O–H groups in total. The predicted octanol–water partition coefficient (Wildman–Crippen LogP) is 3.53. The van der Waals surface area contributed by atoms with E-state index in [2.05, 4.69) is 65.6 Å². The van der Waals surface area contributed by atoms with E-state index in [1.54, 1.807) is 0 Å². The van der Waals surface area contributed by atoms with E-state index >= 15 is 0 Å². The minimum absolute atomic E-state index is 0.356. The molecule has 0 unspecified atom stereocenters. The van der Waals surface area contributed by atoms with Crippen LogP contribution in [0.25, 0.3) is 0 Å². The number of rotatable bonds is 5. The number of anilines is 2. The summed E-state index contributed by atoms with van der Waals surface area (Å²) in [6, 6.07) is 10.8. The summed E-state index contributed by atoms with van der Waals surface area (Å²) in [5, 5.41) is 6.57. The van der Waals surface area contributed by atoms with E-state index in [9.17, 15) is 0 Å². The molecule has 0 spiro atoms. The van der Waals surface area contributed by atoms with E-state index in [4.69, 9.17) is 0 Å². The molecule has 4 heteroatoms. The van der Waals surface area contributed by atoms with Crippen LogP contribution in [0.2, 0.25) is 0 Å². The summed E-state index contributed by atoms with van der Waals surface area (Å²) >= 11 is 0. The fourth-order valence-corrected chi connectivity index (χ4v) is 1.90. The molecule has 4 nitrogen and oxygen atoms in total. The van der Waals surface area contributed by atoms with Crippen molar-refractivity contribution in [3.8, 4) is 0 Å². The van der Waals surface area contributed by atoms with Crippen LogP contribution in [0.3, 0.4) is 0 Å². The van der Waals surface area contributed by atoms with E-state index in [0.29, 0.717) is 12.0 Å². The van der Waals surface area contributed by atoms with Crippen LogP contribution >= 0.6 is 0 Å². The molecule has 0 fully saturated rings. The molecule has 2 aromatic rings. The van der Waals surface area contributed by atoms with Gasteiger partial charge >= 0.3 is 0 Å². The van der Waals surface area contributed by atoms with Crippen molar-refractivity contribution in [3.63, 3.8) is 0 Å². The third kappa shape index (κ3) is 4.23. The zero-order valence-corrected chi connectivity index (χ0v) is 12.6. The summed E-state index contributed by atoms with van der Waals surface area (Å²) in [6.45, 7) is 8.98. The Kier molecular flexibility index (Phi) is 4.56. The van der Waals surface area contributed by atoms with Gasteiger partial charge in [0, 0.05) is 24.3 Å². The highest BCUT2D eigenvalue weighted by atomic mass is 15.1. The molecule has 0 saturated heterocycles. The number of nitrogens with zero attached hydrogens (tertiary/aromatic N) is 2. The van der Waals surface area contributed by atoms with Gasteiger partial charge in [0.1, 0.15) is 5.82 Å².